The van der Waals surface area contributed by atoms with Crippen molar-refractivity contribution >= 4 is 23.4 Å². The number of likely N-dealkylation sites (tertiary alicyclic amines) is 1. The molecule has 1 aliphatic carbocycles. The van der Waals surface area contributed by atoms with Crippen LogP contribution in [0, 0.1) is 18.8 Å². The van der Waals surface area contributed by atoms with Crippen molar-refractivity contribution in [2.24, 2.45) is 11.8 Å². The monoisotopic (exact) mass is 499 g/mol. The summed E-state index contributed by atoms with van der Waals surface area (Å²) in [6.07, 6.45) is 8.01. The van der Waals surface area contributed by atoms with Crippen LogP contribution < -0.4 is 4.74 Å². The molecule has 0 spiro atoms. The second-order valence-electron chi connectivity index (χ2n) is 10.3. The van der Waals surface area contributed by atoms with E-state index >= 15 is 0 Å². The molecule has 188 valence electrons. The maximum absolute atomic E-state index is 14.0. The van der Waals surface area contributed by atoms with E-state index in [4.69, 9.17) is 20.9 Å². The van der Waals surface area contributed by atoms with Gasteiger partial charge in [-0.15, -0.1) is 0 Å². The maximum atomic E-state index is 14.0. The topological polar surface area (TPSA) is 75.9 Å². The van der Waals surface area contributed by atoms with Crippen molar-refractivity contribution in [3.63, 3.8) is 0 Å². The summed E-state index contributed by atoms with van der Waals surface area (Å²) in [6, 6.07) is 3.46. The lowest BCUT2D eigenvalue weighted by Gasteiger charge is -2.43. The smallest absolute Gasteiger partial charge is 0.226 e. The van der Waals surface area contributed by atoms with Crippen molar-refractivity contribution in [1.82, 2.24) is 15.0 Å². The third-order valence-electron chi connectivity index (χ3n) is 8.06. The average molecular weight is 500 g/mol. The SMILES string of the molecule is Cc1conc1COc1ccc(Cl)c2c1[C@@H](CN1CCCC1=O)N(C(=O)[C@@H]1CCCC[C@@H]1C)CC2. The molecule has 35 heavy (non-hydrogen) atoms. The van der Waals surface area contributed by atoms with E-state index in [9.17, 15) is 9.59 Å². The second-order valence-corrected chi connectivity index (χ2v) is 10.7. The van der Waals surface area contributed by atoms with Gasteiger partial charge in [0, 0.05) is 48.1 Å². The first kappa shape index (κ1) is 24.2. The zero-order valence-corrected chi connectivity index (χ0v) is 21.4. The number of benzene rings is 1. The van der Waals surface area contributed by atoms with Crippen LogP contribution in [0.15, 0.2) is 22.9 Å². The van der Waals surface area contributed by atoms with Crippen LogP contribution in [0.2, 0.25) is 5.02 Å². The number of aromatic nitrogens is 1. The van der Waals surface area contributed by atoms with Gasteiger partial charge in [-0.05, 0) is 56.2 Å². The summed E-state index contributed by atoms with van der Waals surface area (Å²) in [5, 5.41) is 4.72. The van der Waals surface area contributed by atoms with Crippen LogP contribution in [0.4, 0.5) is 0 Å². The van der Waals surface area contributed by atoms with Crippen molar-refractivity contribution in [3.05, 3.63) is 45.8 Å². The van der Waals surface area contributed by atoms with Crippen molar-refractivity contribution < 1.29 is 18.8 Å². The van der Waals surface area contributed by atoms with Gasteiger partial charge in [0.1, 0.15) is 24.3 Å². The Morgan fingerprint density at radius 2 is 2.03 bits per heavy atom. The van der Waals surface area contributed by atoms with Gasteiger partial charge < -0.3 is 19.1 Å². The van der Waals surface area contributed by atoms with E-state index in [1.54, 1.807) is 6.26 Å². The standard InChI is InChI=1S/C27H34ClN3O4/c1-17-6-3-4-7-19(17)27(33)31-13-11-20-21(28)9-10-24(34-16-22-18(2)15-35-29-22)26(20)23(31)14-30-12-5-8-25(30)32/h9-10,15,17,19,23H,3-8,11-14,16H2,1-2H3/t17-,19+,23+/m0/s1. The highest BCUT2D eigenvalue weighted by Crippen LogP contribution is 2.43. The first-order chi connectivity index (χ1) is 16.9. The molecule has 3 atom stereocenters. The molecule has 2 fully saturated rings. The molecule has 3 aliphatic rings. The molecule has 1 aromatic heterocycles. The Bertz CT molecular complexity index is 1100. The number of halogens is 1. The molecule has 2 aliphatic heterocycles. The van der Waals surface area contributed by atoms with E-state index < -0.39 is 0 Å². The molecule has 2 aromatic rings. The summed E-state index contributed by atoms with van der Waals surface area (Å²) >= 11 is 6.68. The molecule has 0 unspecified atom stereocenters. The number of carbonyl (C=O) groups excluding carboxylic acids is 2. The summed E-state index contributed by atoms with van der Waals surface area (Å²) < 4.78 is 11.3. The molecule has 1 aromatic carbocycles. The Morgan fingerprint density at radius 1 is 1.20 bits per heavy atom. The van der Waals surface area contributed by atoms with Gasteiger partial charge in [-0.3, -0.25) is 9.59 Å². The first-order valence-electron chi connectivity index (χ1n) is 12.9. The minimum Gasteiger partial charge on any atom is -0.487 e. The first-order valence-corrected chi connectivity index (χ1v) is 13.2. The molecular formula is C27H34ClN3O4. The number of rotatable bonds is 6. The van der Waals surface area contributed by atoms with Crippen molar-refractivity contribution in [1.29, 1.82) is 0 Å². The lowest BCUT2D eigenvalue weighted by molar-refractivity contribution is -0.143. The normalized spacial score (nSPS) is 24.5. The lowest BCUT2D eigenvalue weighted by atomic mass is 9.78. The van der Waals surface area contributed by atoms with Crippen molar-refractivity contribution in [2.45, 2.75) is 71.4 Å². The molecule has 0 bridgehead atoms. The van der Waals surface area contributed by atoms with E-state index in [-0.39, 0.29) is 30.4 Å². The zero-order valence-electron chi connectivity index (χ0n) is 20.6. The van der Waals surface area contributed by atoms with Crippen LogP contribution >= 0.6 is 11.6 Å². The lowest BCUT2D eigenvalue weighted by Crippen LogP contribution is -2.49. The van der Waals surface area contributed by atoms with Gasteiger partial charge in [0.15, 0.2) is 0 Å². The van der Waals surface area contributed by atoms with Gasteiger partial charge in [0.2, 0.25) is 11.8 Å². The van der Waals surface area contributed by atoms with Crippen molar-refractivity contribution in [2.75, 3.05) is 19.6 Å². The fourth-order valence-corrected chi connectivity index (χ4v) is 6.22. The van der Waals surface area contributed by atoms with Gasteiger partial charge in [-0.25, -0.2) is 0 Å². The quantitative estimate of drug-likeness (QED) is 0.553. The number of fused-ring (bicyclic) bond motifs is 1. The fourth-order valence-electron chi connectivity index (χ4n) is 5.96. The van der Waals surface area contributed by atoms with Gasteiger partial charge in [0.05, 0.1) is 6.04 Å². The van der Waals surface area contributed by atoms with Gasteiger partial charge in [-0.2, -0.15) is 0 Å². The molecule has 7 nitrogen and oxygen atoms in total. The fraction of sp³-hybridized carbons (Fsp3) is 0.593. The minimum absolute atomic E-state index is 0.0309. The van der Waals surface area contributed by atoms with Gasteiger partial charge in [0.25, 0.3) is 0 Å². The van der Waals surface area contributed by atoms with E-state index in [0.29, 0.717) is 42.6 Å². The molecule has 0 radical (unpaired) electrons. The van der Waals surface area contributed by atoms with E-state index in [0.717, 1.165) is 54.6 Å². The average Bonchev–Trinajstić information content (AvgIpc) is 3.46. The van der Waals surface area contributed by atoms with E-state index in [1.807, 2.05) is 28.9 Å². The third-order valence-corrected chi connectivity index (χ3v) is 8.41. The number of hydrogen-bond donors (Lipinski definition) is 0. The highest BCUT2D eigenvalue weighted by atomic mass is 35.5. The van der Waals surface area contributed by atoms with Crippen LogP contribution in [0.5, 0.6) is 5.75 Å². The molecule has 8 heteroatoms. The Kier molecular flexibility index (Phi) is 7.05. The number of hydrogen-bond acceptors (Lipinski definition) is 5. The third kappa shape index (κ3) is 4.80. The molecule has 0 N–H and O–H groups in total. The van der Waals surface area contributed by atoms with Crippen LogP contribution in [0.25, 0.3) is 0 Å². The maximum Gasteiger partial charge on any atom is 0.226 e. The highest BCUT2D eigenvalue weighted by Gasteiger charge is 2.40. The zero-order chi connectivity index (χ0) is 24.5. The molecule has 1 saturated heterocycles. The predicted octanol–water partition coefficient (Wildman–Crippen LogP) is 5.09. The minimum atomic E-state index is -0.283. The summed E-state index contributed by atoms with van der Waals surface area (Å²) in [6.45, 7) is 6.19. The second kappa shape index (κ2) is 10.2. The van der Waals surface area contributed by atoms with Crippen LogP contribution in [0.1, 0.15) is 73.9 Å². The van der Waals surface area contributed by atoms with E-state index in [1.165, 1.54) is 6.42 Å². The summed E-state index contributed by atoms with van der Waals surface area (Å²) in [7, 11) is 0. The number of carbonyl (C=O) groups is 2. The predicted molar refractivity (Wildman–Crippen MR) is 132 cm³/mol. The summed E-state index contributed by atoms with van der Waals surface area (Å²) in [5.74, 6) is 1.45. The highest BCUT2D eigenvalue weighted by molar-refractivity contribution is 6.31. The molecule has 2 amide bonds. The van der Waals surface area contributed by atoms with Gasteiger partial charge >= 0.3 is 0 Å². The molecule has 3 heterocycles. The Balaban J connectivity index is 1.51. The molecule has 1 saturated carbocycles. The van der Waals surface area contributed by atoms with E-state index in [2.05, 4.69) is 12.1 Å². The summed E-state index contributed by atoms with van der Waals surface area (Å²) in [5.41, 5.74) is 3.61. The van der Waals surface area contributed by atoms with Crippen LogP contribution in [-0.4, -0.2) is 46.4 Å². The van der Waals surface area contributed by atoms with Crippen molar-refractivity contribution in [3.8, 4) is 5.75 Å². The number of aryl methyl sites for hydroxylation is 1. The van der Waals surface area contributed by atoms with Crippen LogP contribution in [-0.2, 0) is 22.6 Å². The molecule has 5 rings (SSSR count). The number of amides is 2. The Hall–Kier alpha value is -2.54. The Morgan fingerprint density at radius 3 is 2.74 bits per heavy atom. The Labute approximate surface area is 211 Å². The largest absolute Gasteiger partial charge is 0.487 e. The van der Waals surface area contributed by atoms with Crippen LogP contribution in [0.3, 0.4) is 0 Å². The molecular weight excluding hydrogens is 466 g/mol. The number of ether oxygens (including phenoxy) is 1. The summed E-state index contributed by atoms with van der Waals surface area (Å²) in [4.78, 5) is 30.5. The number of nitrogens with zero attached hydrogens (tertiary/aromatic N) is 3. The van der Waals surface area contributed by atoms with Gasteiger partial charge in [-0.1, -0.05) is 36.5 Å².